The van der Waals surface area contributed by atoms with E-state index in [9.17, 15) is 0 Å². The van der Waals surface area contributed by atoms with E-state index < -0.39 is 0 Å². The normalized spacial score (nSPS) is 14.2. The molecule has 0 aromatic carbocycles. The molecule has 0 heterocycles. The first-order chi connectivity index (χ1) is 7.02. The molecule has 0 rings (SSSR count). The number of unbranched alkanes of at least 4 members (excludes halogenated alkanes) is 2. The fraction of sp³-hybridized carbons (Fsp3) is 1.00. The van der Waals surface area contributed by atoms with Crippen LogP contribution in [0, 0.1) is 0 Å². The Morgan fingerprint density at radius 2 is 1.93 bits per heavy atom. The molecule has 0 spiro atoms. The number of hydrogen-bond acceptors (Lipinski definition) is 2. The van der Waals surface area contributed by atoms with Crippen LogP contribution in [-0.4, -0.2) is 25.3 Å². The van der Waals surface area contributed by atoms with Gasteiger partial charge in [0.15, 0.2) is 0 Å². The van der Waals surface area contributed by atoms with Gasteiger partial charge in [-0.05, 0) is 40.2 Å². The Morgan fingerprint density at radius 1 is 1.27 bits per heavy atom. The van der Waals surface area contributed by atoms with Gasteiger partial charge in [-0.25, -0.2) is 0 Å². The quantitative estimate of drug-likeness (QED) is 0.595. The van der Waals surface area contributed by atoms with Crippen molar-refractivity contribution in [3.05, 3.63) is 0 Å². The average Bonchev–Trinajstić information content (AvgIpc) is 2.18. The summed E-state index contributed by atoms with van der Waals surface area (Å²) in [4.78, 5) is 0. The number of ether oxygens (including phenoxy) is 1. The zero-order chi connectivity index (χ0) is 11.7. The number of nitrogens with one attached hydrogen (secondary N) is 1. The van der Waals surface area contributed by atoms with Gasteiger partial charge in [-0.15, -0.1) is 0 Å². The van der Waals surface area contributed by atoms with Gasteiger partial charge in [0, 0.05) is 13.2 Å². The Bertz CT molecular complexity index is 145. The lowest BCUT2D eigenvalue weighted by Crippen LogP contribution is -2.33. The maximum atomic E-state index is 5.38. The Balaban J connectivity index is 3.42. The fourth-order valence-corrected chi connectivity index (χ4v) is 1.52. The topological polar surface area (TPSA) is 21.3 Å². The summed E-state index contributed by atoms with van der Waals surface area (Å²) in [6, 6.07) is 0.643. The lowest BCUT2D eigenvalue weighted by atomic mass is 10.0. The molecule has 1 unspecified atom stereocenters. The van der Waals surface area contributed by atoms with Gasteiger partial charge in [0.25, 0.3) is 0 Å². The van der Waals surface area contributed by atoms with E-state index in [2.05, 4.69) is 33.0 Å². The van der Waals surface area contributed by atoms with Crippen molar-refractivity contribution in [1.82, 2.24) is 5.32 Å². The first-order valence-corrected chi connectivity index (χ1v) is 6.30. The summed E-state index contributed by atoms with van der Waals surface area (Å²) in [6.07, 6.45) is 6.38. The molecule has 0 aromatic rings. The van der Waals surface area contributed by atoms with E-state index in [1.807, 2.05) is 0 Å². The van der Waals surface area contributed by atoms with Gasteiger partial charge in [0.05, 0.1) is 5.60 Å². The molecule has 0 saturated carbocycles. The third-order valence-corrected chi connectivity index (χ3v) is 3.01. The molecule has 92 valence electrons. The molecule has 0 saturated heterocycles. The molecule has 0 bridgehead atoms. The van der Waals surface area contributed by atoms with Crippen LogP contribution in [-0.2, 0) is 4.74 Å². The van der Waals surface area contributed by atoms with Crippen LogP contribution in [0.4, 0.5) is 0 Å². The van der Waals surface area contributed by atoms with Gasteiger partial charge in [-0.1, -0.05) is 26.2 Å². The molecule has 2 heteroatoms. The van der Waals surface area contributed by atoms with Crippen molar-refractivity contribution in [3.63, 3.8) is 0 Å². The molecular formula is C13H29NO. The maximum Gasteiger partial charge on any atom is 0.0634 e. The number of rotatable bonds is 9. The summed E-state index contributed by atoms with van der Waals surface area (Å²) < 4.78 is 5.38. The Morgan fingerprint density at radius 3 is 2.47 bits per heavy atom. The Kier molecular flexibility index (Phi) is 8.07. The first kappa shape index (κ1) is 14.9. The molecule has 0 radical (unpaired) electrons. The minimum Gasteiger partial charge on any atom is -0.379 e. The lowest BCUT2D eigenvalue weighted by Gasteiger charge is -2.24. The molecule has 0 aromatic heterocycles. The molecule has 0 aliphatic heterocycles. The van der Waals surface area contributed by atoms with E-state index in [0.717, 1.165) is 13.0 Å². The minimum absolute atomic E-state index is 0.0101. The van der Waals surface area contributed by atoms with Gasteiger partial charge in [-0.3, -0.25) is 0 Å². The zero-order valence-electron chi connectivity index (χ0n) is 11.2. The summed E-state index contributed by atoms with van der Waals surface area (Å²) in [7, 11) is 1.78. The maximum absolute atomic E-state index is 5.38. The van der Waals surface area contributed by atoms with Crippen molar-refractivity contribution in [2.75, 3.05) is 13.7 Å². The van der Waals surface area contributed by atoms with Gasteiger partial charge < -0.3 is 10.1 Å². The number of methoxy groups -OCH3 is 1. The summed E-state index contributed by atoms with van der Waals surface area (Å²) in [6.45, 7) is 9.84. The van der Waals surface area contributed by atoms with Crippen molar-refractivity contribution in [1.29, 1.82) is 0 Å². The zero-order valence-corrected chi connectivity index (χ0v) is 11.2. The van der Waals surface area contributed by atoms with E-state index in [1.165, 1.54) is 25.7 Å². The molecule has 15 heavy (non-hydrogen) atoms. The van der Waals surface area contributed by atoms with Crippen LogP contribution in [0.15, 0.2) is 0 Å². The molecule has 0 amide bonds. The average molecular weight is 215 g/mol. The Labute approximate surface area is 95.8 Å². The Hall–Kier alpha value is -0.0800. The molecule has 2 nitrogen and oxygen atoms in total. The molecule has 1 N–H and O–H groups in total. The predicted octanol–water partition coefficient (Wildman–Crippen LogP) is 3.36. The summed E-state index contributed by atoms with van der Waals surface area (Å²) in [5.41, 5.74) is 0.0101. The second-order valence-electron chi connectivity index (χ2n) is 5.06. The second kappa shape index (κ2) is 8.12. The third-order valence-electron chi connectivity index (χ3n) is 3.01. The van der Waals surface area contributed by atoms with Gasteiger partial charge in [0.1, 0.15) is 0 Å². The van der Waals surface area contributed by atoms with Crippen LogP contribution in [0.3, 0.4) is 0 Å². The molecule has 0 aliphatic carbocycles. The van der Waals surface area contributed by atoms with Crippen LogP contribution in [0.2, 0.25) is 0 Å². The minimum atomic E-state index is 0.0101. The largest absolute Gasteiger partial charge is 0.379 e. The standard InChI is InChI=1S/C13H29NO/c1-6-7-8-9-12(2)14-11-10-13(3,4)15-5/h12,14H,6-11H2,1-5H3. The van der Waals surface area contributed by atoms with E-state index in [1.54, 1.807) is 7.11 Å². The van der Waals surface area contributed by atoms with Crippen LogP contribution >= 0.6 is 0 Å². The van der Waals surface area contributed by atoms with Crippen molar-refractivity contribution in [2.45, 2.75) is 71.4 Å². The molecule has 0 aliphatic rings. The monoisotopic (exact) mass is 215 g/mol. The van der Waals surface area contributed by atoms with Crippen LogP contribution < -0.4 is 5.32 Å². The van der Waals surface area contributed by atoms with Gasteiger partial charge in [0.2, 0.25) is 0 Å². The van der Waals surface area contributed by atoms with Gasteiger partial charge in [-0.2, -0.15) is 0 Å². The highest BCUT2D eigenvalue weighted by atomic mass is 16.5. The highest BCUT2D eigenvalue weighted by molar-refractivity contribution is 4.70. The van der Waals surface area contributed by atoms with Crippen LogP contribution in [0.5, 0.6) is 0 Å². The van der Waals surface area contributed by atoms with E-state index >= 15 is 0 Å². The van der Waals surface area contributed by atoms with Gasteiger partial charge >= 0.3 is 0 Å². The van der Waals surface area contributed by atoms with E-state index in [0.29, 0.717) is 6.04 Å². The highest BCUT2D eigenvalue weighted by Crippen LogP contribution is 2.12. The van der Waals surface area contributed by atoms with Crippen molar-refractivity contribution in [2.24, 2.45) is 0 Å². The molecule has 0 fully saturated rings. The molecule has 1 atom stereocenters. The fourth-order valence-electron chi connectivity index (χ4n) is 1.52. The van der Waals surface area contributed by atoms with Crippen LogP contribution in [0.25, 0.3) is 0 Å². The third kappa shape index (κ3) is 8.88. The molecular weight excluding hydrogens is 186 g/mol. The van der Waals surface area contributed by atoms with E-state index in [-0.39, 0.29) is 5.60 Å². The van der Waals surface area contributed by atoms with Crippen molar-refractivity contribution < 1.29 is 4.74 Å². The lowest BCUT2D eigenvalue weighted by molar-refractivity contribution is 0.0154. The second-order valence-corrected chi connectivity index (χ2v) is 5.06. The summed E-state index contributed by atoms with van der Waals surface area (Å²) in [5.74, 6) is 0. The van der Waals surface area contributed by atoms with E-state index in [4.69, 9.17) is 4.74 Å². The van der Waals surface area contributed by atoms with Crippen molar-refractivity contribution >= 4 is 0 Å². The van der Waals surface area contributed by atoms with Crippen molar-refractivity contribution in [3.8, 4) is 0 Å². The summed E-state index contributed by atoms with van der Waals surface area (Å²) in [5, 5.41) is 3.55. The summed E-state index contributed by atoms with van der Waals surface area (Å²) >= 11 is 0. The SMILES string of the molecule is CCCCCC(C)NCCC(C)(C)OC. The first-order valence-electron chi connectivity index (χ1n) is 6.30. The smallest absolute Gasteiger partial charge is 0.0634 e. The number of hydrogen-bond donors (Lipinski definition) is 1. The predicted molar refractivity (Wildman–Crippen MR) is 67.3 cm³/mol. The highest BCUT2D eigenvalue weighted by Gasteiger charge is 2.15. The van der Waals surface area contributed by atoms with Crippen LogP contribution in [0.1, 0.15) is 59.8 Å².